The van der Waals surface area contributed by atoms with Crippen molar-refractivity contribution in [2.75, 3.05) is 11.9 Å². The largest absolute Gasteiger partial charge is 0.326 e. The van der Waals surface area contributed by atoms with E-state index >= 15 is 0 Å². The lowest BCUT2D eigenvalue weighted by Gasteiger charge is -2.10. The molecule has 1 aliphatic rings. The summed E-state index contributed by atoms with van der Waals surface area (Å²) in [5, 5.41) is 7.36. The van der Waals surface area contributed by atoms with Crippen LogP contribution in [0.2, 0.25) is 0 Å². The zero-order chi connectivity index (χ0) is 13.2. The van der Waals surface area contributed by atoms with Gasteiger partial charge in [-0.1, -0.05) is 0 Å². The molecule has 1 unspecified atom stereocenters. The Balaban J connectivity index is 1.68. The highest BCUT2D eigenvalue weighted by Gasteiger charge is 2.17. The summed E-state index contributed by atoms with van der Waals surface area (Å²) in [5.41, 5.74) is 1.86. The molecule has 2 heterocycles. The van der Waals surface area contributed by atoms with Crippen molar-refractivity contribution in [1.29, 1.82) is 0 Å². The van der Waals surface area contributed by atoms with Crippen LogP contribution in [0.1, 0.15) is 24.3 Å². The number of hydrogen-bond acceptors (Lipinski definition) is 4. The third-order valence-corrected chi connectivity index (χ3v) is 4.31. The first-order chi connectivity index (χ1) is 9.20. The van der Waals surface area contributed by atoms with E-state index in [1.165, 1.54) is 6.42 Å². The summed E-state index contributed by atoms with van der Waals surface area (Å²) in [6.07, 6.45) is 2.82. The van der Waals surface area contributed by atoms with Gasteiger partial charge in [0.15, 0.2) is 0 Å². The lowest BCUT2D eigenvalue weighted by molar-refractivity contribution is -0.116. The van der Waals surface area contributed by atoms with E-state index in [0.717, 1.165) is 33.9 Å². The Kier molecular flexibility index (Phi) is 3.48. The maximum Gasteiger partial charge on any atom is 0.225 e. The van der Waals surface area contributed by atoms with Gasteiger partial charge < -0.3 is 10.6 Å². The molecule has 100 valence electrons. The molecular formula is C14H17N3OS. The second-order valence-electron chi connectivity index (χ2n) is 4.96. The molecule has 0 bridgehead atoms. The van der Waals surface area contributed by atoms with Crippen molar-refractivity contribution in [2.45, 2.75) is 32.2 Å². The Labute approximate surface area is 116 Å². The Morgan fingerprint density at radius 2 is 2.47 bits per heavy atom. The molecule has 1 saturated heterocycles. The van der Waals surface area contributed by atoms with Crippen LogP contribution in [-0.2, 0) is 4.79 Å². The monoisotopic (exact) mass is 275 g/mol. The predicted octanol–water partition coefficient (Wildman–Crippen LogP) is 2.69. The van der Waals surface area contributed by atoms with Gasteiger partial charge in [0.05, 0.1) is 15.2 Å². The standard InChI is InChI=1S/C14H17N3OS/c1-9-16-12-5-4-11(7-13(12)19-9)17-14(18)8-10-3-2-6-15-10/h4-5,7,10,15H,2-3,6,8H2,1H3,(H,17,18). The van der Waals surface area contributed by atoms with Crippen LogP contribution >= 0.6 is 11.3 Å². The maximum atomic E-state index is 11.9. The van der Waals surface area contributed by atoms with Gasteiger partial charge in [-0.25, -0.2) is 4.98 Å². The summed E-state index contributed by atoms with van der Waals surface area (Å²) in [6.45, 7) is 3.03. The molecule has 4 nitrogen and oxygen atoms in total. The third kappa shape index (κ3) is 2.93. The molecule has 2 aromatic rings. The molecule has 3 rings (SSSR count). The predicted molar refractivity (Wildman–Crippen MR) is 78.6 cm³/mol. The van der Waals surface area contributed by atoms with Crippen LogP contribution in [0.25, 0.3) is 10.2 Å². The minimum atomic E-state index is 0.0833. The first-order valence-corrected chi connectivity index (χ1v) is 7.43. The number of nitrogens with one attached hydrogen (secondary N) is 2. The first-order valence-electron chi connectivity index (χ1n) is 6.61. The normalized spacial score (nSPS) is 18.9. The fourth-order valence-electron chi connectivity index (χ4n) is 2.48. The van der Waals surface area contributed by atoms with Crippen LogP contribution in [-0.4, -0.2) is 23.5 Å². The molecule has 19 heavy (non-hydrogen) atoms. The van der Waals surface area contributed by atoms with Gasteiger partial charge in [0, 0.05) is 18.2 Å². The number of aryl methyl sites for hydroxylation is 1. The zero-order valence-electron chi connectivity index (χ0n) is 10.9. The number of aromatic nitrogens is 1. The van der Waals surface area contributed by atoms with Gasteiger partial charge in [0.1, 0.15) is 0 Å². The fourth-order valence-corrected chi connectivity index (χ4v) is 3.35. The third-order valence-electron chi connectivity index (χ3n) is 3.37. The Bertz CT molecular complexity index is 602. The molecule has 1 amide bonds. The molecule has 2 N–H and O–H groups in total. The van der Waals surface area contributed by atoms with Gasteiger partial charge in [0.2, 0.25) is 5.91 Å². The van der Waals surface area contributed by atoms with Crippen molar-refractivity contribution in [1.82, 2.24) is 10.3 Å². The highest BCUT2D eigenvalue weighted by molar-refractivity contribution is 7.18. The van der Waals surface area contributed by atoms with Crippen molar-refractivity contribution in [2.24, 2.45) is 0 Å². The summed E-state index contributed by atoms with van der Waals surface area (Å²) in [4.78, 5) is 16.4. The van der Waals surface area contributed by atoms with E-state index in [9.17, 15) is 4.79 Å². The highest BCUT2D eigenvalue weighted by Crippen LogP contribution is 2.25. The number of anilines is 1. The molecule has 1 atom stereocenters. The van der Waals surface area contributed by atoms with Crippen molar-refractivity contribution in [3.05, 3.63) is 23.2 Å². The Morgan fingerprint density at radius 3 is 3.26 bits per heavy atom. The molecular weight excluding hydrogens is 258 g/mol. The molecule has 1 fully saturated rings. The van der Waals surface area contributed by atoms with Crippen LogP contribution in [0.4, 0.5) is 5.69 Å². The Morgan fingerprint density at radius 1 is 1.58 bits per heavy atom. The average molecular weight is 275 g/mol. The minimum absolute atomic E-state index is 0.0833. The molecule has 0 radical (unpaired) electrons. The molecule has 1 aliphatic heterocycles. The Hall–Kier alpha value is -1.46. The van der Waals surface area contributed by atoms with E-state index in [-0.39, 0.29) is 5.91 Å². The lowest BCUT2D eigenvalue weighted by Crippen LogP contribution is -2.27. The maximum absolute atomic E-state index is 11.9. The second kappa shape index (κ2) is 5.27. The van der Waals surface area contributed by atoms with Gasteiger partial charge in [-0.3, -0.25) is 4.79 Å². The molecule has 1 aromatic heterocycles. The fraction of sp³-hybridized carbons (Fsp3) is 0.429. The quantitative estimate of drug-likeness (QED) is 0.905. The van der Waals surface area contributed by atoms with Gasteiger partial charge in [0.25, 0.3) is 0 Å². The van der Waals surface area contributed by atoms with E-state index < -0.39 is 0 Å². The number of benzene rings is 1. The molecule has 5 heteroatoms. The first kappa shape index (κ1) is 12.6. The van der Waals surface area contributed by atoms with E-state index in [1.54, 1.807) is 11.3 Å². The van der Waals surface area contributed by atoms with Crippen LogP contribution in [0, 0.1) is 6.92 Å². The van der Waals surface area contributed by atoms with Crippen molar-refractivity contribution in [3.8, 4) is 0 Å². The highest BCUT2D eigenvalue weighted by atomic mass is 32.1. The molecule has 0 saturated carbocycles. The van der Waals surface area contributed by atoms with Crippen LogP contribution in [0.3, 0.4) is 0 Å². The van der Waals surface area contributed by atoms with Gasteiger partial charge in [-0.15, -0.1) is 11.3 Å². The number of nitrogens with zero attached hydrogens (tertiary/aromatic N) is 1. The summed E-state index contributed by atoms with van der Waals surface area (Å²) in [7, 11) is 0. The molecule has 1 aromatic carbocycles. The topological polar surface area (TPSA) is 54.0 Å². The van der Waals surface area contributed by atoms with Crippen LogP contribution in [0.5, 0.6) is 0 Å². The lowest BCUT2D eigenvalue weighted by atomic mass is 10.1. The van der Waals surface area contributed by atoms with Gasteiger partial charge in [-0.2, -0.15) is 0 Å². The number of carbonyl (C=O) groups is 1. The number of hydrogen-bond donors (Lipinski definition) is 2. The van der Waals surface area contributed by atoms with Gasteiger partial charge in [-0.05, 0) is 44.5 Å². The number of carbonyl (C=O) groups excluding carboxylic acids is 1. The van der Waals surface area contributed by atoms with Gasteiger partial charge >= 0.3 is 0 Å². The van der Waals surface area contributed by atoms with Crippen molar-refractivity contribution >= 4 is 33.1 Å². The van der Waals surface area contributed by atoms with E-state index in [0.29, 0.717) is 12.5 Å². The van der Waals surface area contributed by atoms with E-state index in [4.69, 9.17) is 0 Å². The van der Waals surface area contributed by atoms with Crippen molar-refractivity contribution < 1.29 is 4.79 Å². The number of thiazole rings is 1. The van der Waals surface area contributed by atoms with Crippen LogP contribution in [0.15, 0.2) is 18.2 Å². The second-order valence-corrected chi connectivity index (χ2v) is 6.20. The minimum Gasteiger partial charge on any atom is -0.326 e. The van der Waals surface area contributed by atoms with E-state index in [1.807, 2.05) is 25.1 Å². The molecule has 0 spiro atoms. The number of amides is 1. The average Bonchev–Trinajstić information content (AvgIpc) is 2.96. The molecule has 0 aliphatic carbocycles. The summed E-state index contributed by atoms with van der Waals surface area (Å²) in [6, 6.07) is 6.22. The summed E-state index contributed by atoms with van der Waals surface area (Å²) < 4.78 is 1.12. The number of fused-ring (bicyclic) bond motifs is 1. The smallest absolute Gasteiger partial charge is 0.225 e. The zero-order valence-corrected chi connectivity index (χ0v) is 11.7. The SMILES string of the molecule is Cc1nc2ccc(NC(=O)CC3CCCN3)cc2s1. The summed E-state index contributed by atoms with van der Waals surface area (Å²) >= 11 is 1.65. The number of rotatable bonds is 3. The van der Waals surface area contributed by atoms with Crippen molar-refractivity contribution in [3.63, 3.8) is 0 Å². The summed E-state index contributed by atoms with van der Waals surface area (Å²) in [5.74, 6) is 0.0833. The van der Waals surface area contributed by atoms with Crippen LogP contribution < -0.4 is 10.6 Å². The van der Waals surface area contributed by atoms with E-state index in [2.05, 4.69) is 15.6 Å².